The van der Waals surface area contributed by atoms with Gasteiger partial charge in [-0.3, -0.25) is 4.79 Å². The molecule has 1 N–H and O–H groups in total. The minimum Gasteiger partial charge on any atom is -0.484 e. The summed E-state index contributed by atoms with van der Waals surface area (Å²) in [4.78, 5) is 24.2. The van der Waals surface area contributed by atoms with Crippen molar-refractivity contribution in [3.8, 4) is 16.9 Å². The number of rotatable bonds is 7. The molecule has 0 aliphatic heterocycles. The summed E-state index contributed by atoms with van der Waals surface area (Å²) in [6, 6.07) is 24.2. The minimum atomic E-state index is -0.476. The lowest BCUT2D eigenvalue weighted by molar-refractivity contribution is -0.118. The van der Waals surface area contributed by atoms with Gasteiger partial charge in [0, 0.05) is 0 Å². The summed E-state index contributed by atoms with van der Waals surface area (Å²) in [5.41, 5.74) is 2.89. The van der Waals surface area contributed by atoms with Crippen molar-refractivity contribution in [2.24, 2.45) is 0 Å². The highest BCUT2D eigenvalue weighted by atomic mass is 16.5. The Morgan fingerprint density at radius 1 is 0.821 bits per heavy atom. The molecule has 5 heteroatoms. The van der Waals surface area contributed by atoms with Crippen molar-refractivity contribution in [2.45, 2.75) is 6.92 Å². The van der Waals surface area contributed by atoms with Crippen molar-refractivity contribution in [1.82, 2.24) is 0 Å². The van der Waals surface area contributed by atoms with E-state index in [0.29, 0.717) is 17.0 Å². The highest BCUT2D eigenvalue weighted by Gasteiger charge is 2.14. The molecule has 0 unspecified atom stereocenters. The number of hydrogen-bond donors (Lipinski definition) is 1. The molecule has 0 heterocycles. The molecule has 0 fully saturated rings. The molecule has 0 saturated heterocycles. The summed E-state index contributed by atoms with van der Waals surface area (Å²) in [5, 5.41) is 2.69. The Balaban J connectivity index is 1.59. The van der Waals surface area contributed by atoms with E-state index in [1.165, 1.54) is 0 Å². The van der Waals surface area contributed by atoms with Gasteiger partial charge >= 0.3 is 5.97 Å². The number of carbonyl (C=O) groups is 2. The van der Waals surface area contributed by atoms with E-state index in [2.05, 4.69) is 5.32 Å². The van der Waals surface area contributed by atoms with E-state index in [-0.39, 0.29) is 19.1 Å². The van der Waals surface area contributed by atoms with Gasteiger partial charge in [0.1, 0.15) is 5.75 Å². The molecule has 3 aromatic carbocycles. The molecule has 142 valence electrons. The number of ether oxygens (including phenoxy) is 2. The van der Waals surface area contributed by atoms with Crippen LogP contribution in [0.15, 0.2) is 78.9 Å². The summed E-state index contributed by atoms with van der Waals surface area (Å²) in [6.45, 7) is 1.83. The predicted octanol–water partition coefficient (Wildman–Crippen LogP) is 4.55. The fourth-order valence-electron chi connectivity index (χ4n) is 2.69. The molecule has 0 atom stereocenters. The minimum absolute atomic E-state index is 0.165. The molecule has 3 aromatic rings. The van der Waals surface area contributed by atoms with Crippen molar-refractivity contribution < 1.29 is 19.1 Å². The van der Waals surface area contributed by atoms with Gasteiger partial charge in [0.2, 0.25) is 0 Å². The molecular formula is C23H21NO4. The molecule has 0 radical (unpaired) electrons. The Hall–Kier alpha value is -3.60. The fraction of sp³-hybridized carbons (Fsp3) is 0.130. The number of benzene rings is 3. The number of hydrogen-bond acceptors (Lipinski definition) is 4. The van der Waals surface area contributed by atoms with Crippen LogP contribution in [0.2, 0.25) is 0 Å². The second-order valence-corrected chi connectivity index (χ2v) is 5.99. The molecule has 0 spiro atoms. The van der Waals surface area contributed by atoms with Crippen LogP contribution in [-0.2, 0) is 9.53 Å². The molecule has 0 aliphatic carbocycles. The lowest BCUT2D eigenvalue weighted by atomic mass is 10.1. The summed E-state index contributed by atoms with van der Waals surface area (Å²) in [7, 11) is 0. The zero-order chi connectivity index (χ0) is 19.8. The lowest BCUT2D eigenvalue weighted by Crippen LogP contribution is -2.22. The second kappa shape index (κ2) is 9.37. The average molecular weight is 375 g/mol. The van der Waals surface area contributed by atoms with Gasteiger partial charge in [-0.15, -0.1) is 0 Å². The number of para-hydroxylation sites is 1. The SMILES string of the molecule is CCOC(=O)c1ccccc1NC(=O)COc1ccc(-c2ccccc2)cc1. The number of nitrogens with one attached hydrogen (secondary N) is 1. The summed E-state index contributed by atoms with van der Waals surface area (Å²) in [5.74, 6) is -0.242. The molecule has 0 aromatic heterocycles. The monoisotopic (exact) mass is 375 g/mol. The van der Waals surface area contributed by atoms with Crippen molar-refractivity contribution in [3.63, 3.8) is 0 Å². The topological polar surface area (TPSA) is 64.6 Å². The van der Waals surface area contributed by atoms with Crippen molar-refractivity contribution in [1.29, 1.82) is 0 Å². The summed E-state index contributed by atoms with van der Waals surface area (Å²) in [6.07, 6.45) is 0. The number of amides is 1. The highest BCUT2D eigenvalue weighted by molar-refractivity contribution is 6.01. The van der Waals surface area contributed by atoms with Crippen LogP contribution in [0.25, 0.3) is 11.1 Å². The standard InChI is InChI=1S/C23H21NO4/c1-2-27-23(26)20-10-6-7-11-21(20)24-22(25)16-28-19-14-12-18(13-15-19)17-8-4-3-5-9-17/h3-15H,2,16H2,1H3,(H,24,25). The quantitative estimate of drug-likeness (QED) is 0.616. The Labute approximate surface area is 163 Å². The molecule has 5 nitrogen and oxygen atoms in total. The smallest absolute Gasteiger partial charge is 0.340 e. The van der Waals surface area contributed by atoms with Crippen LogP contribution in [0.1, 0.15) is 17.3 Å². The molecule has 0 saturated carbocycles. The summed E-state index contributed by atoms with van der Waals surface area (Å²) >= 11 is 0. The predicted molar refractivity (Wildman–Crippen MR) is 108 cm³/mol. The average Bonchev–Trinajstić information content (AvgIpc) is 2.74. The largest absolute Gasteiger partial charge is 0.484 e. The molecule has 1 amide bonds. The normalized spacial score (nSPS) is 10.2. The van der Waals surface area contributed by atoms with Gasteiger partial charge in [0.05, 0.1) is 17.9 Å². The molecular weight excluding hydrogens is 354 g/mol. The summed E-state index contributed by atoms with van der Waals surface area (Å²) < 4.78 is 10.6. The molecule has 28 heavy (non-hydrogen) atoms. The first-order chi connectivity index (χ1) is 13.7. The van der Waals surface area contributed by atoms with Gasteiger partial charge in [0.15, 0.2) is 6.61 Å². The van der Waals surface area contributed by atoms with Crippen LogP contribution >= 0.6 is 0 Å². The third-order valence-electron chi connectivity index (χ3n) is 4.03. The molecule has 0 bridgehead atoms. The van der Waals surface area contributed by atoms with Crippen LogP contribution in [0, 0.1) is 0 Å². The van der Waals surface area contributed by atoms with Crippen LogP contribution in [0.3, 0.4) is 0 Å². The van der Waals surface area contributed by atoms with E-state index in [9.17, 15) is 9.59 Å². The number of esters is 1. The maximum atomic E-state index is 12.2. The van der Waals surface area contributed by atoms with Crippen LogP contribution in [-0.4, -0.2) is 25.1 Å². The van der Waals surface area contributed by atoms with Gasteiger partial charge in [0.25, 0.3) is 5.91 Å². The Bertz CT molecular complexity index is 936. The van der Waals surface area contributed by atoms with Crippen molar-refractivity contribution in [3.05, 3.63) is 84.4 Å². The van der Waals surface area contributed by atoms with Gasteiger partial charge < -0.3 is 14.8 Å². The highest BCUT2D eigenvalue weighted by Crippen LogP contribution is 2.22. The fourth-order valence-corrected chi connectivity index (χ4v) is 2.69. The van der Waals surface area contributed by atoms with E-state index in [1.807, 2.05) is 54.6 Å². The Kier molecular flexibility index (Phi) is 6.41. The lowest BCUT2D eigenvalue weighted by Gasteiger charge is -2.11. The second-order valence-electron chi connectivity index (χ2n) is 5.99. The van der Waals surface area contributed by atoms with Crippen LogP contribution < -0.4 is 10.1 Å². The zero-order valence-corrected chi connectivity index (χ0v) is 15.6. The Morgan fingerprint density at radius 2 is 1.46 bits per heavy atom. The van der Waals surface area contributed by atoms with Crippen LogP contribution in [0.5, 0.6) is 5.75 Å². The Morgan fingerprint density at radius 3 is 2.18 bits per heavy atom. The van der Waals surface area contributed by atoms with Gasteiger partial charge in [-0.25, -0.2) is 4.79 Å². The first-order valence-corrected chi connectivity index (χ1v) is 9.01. The van der Waals surface area contributed by atoms with Gasteiger partial charge in [-0.05, 0) is 42.3 Å². The van der Waals surface area contributed by atoms with E-state index >= 15 is 0 Å². The molecule has 0 aliphatic rings. The zero-order valence-electron chi connectivity index (χ0n) is 15.6. The van der Waals surface area contributed by atoms with Crippen LogP contribution in [0.4, 0.5) is 5.69 Å². The van der Waals surface area contributed by atoms with E-state index in [1.54, 1.807) is 31.2 Å². The van der Waals surface area contributed by atoms with Gasteiger partial charge in [-0.1, -0.05) is 54.6 Å². The number of carbonyl (C=O) groups excluding carboxylic acids is 2. The first kappa shape index (κ1) is 19.2. The molecule has 3 rings (SSSR count). The maximum Gasteiger partial charge on any atom is 0.340 e. The third kappa shape index (κ3) is 4.98. The third-order valence-corrected chi connectivity index (χ3v) is 4.03. The van der Waals surface area contributed by atoms with Crippen molar-refractivity contribution in [2.75, 3.05) is 18.5 Å². The van der Waals surface area contributed by atoms with E-state index in [4.69, 9.17) is 9.47 Å². The maximum absolute atomic E-state index is 12.2. The number of anilines is 1. The van der Waals surface area contributed by atoms with Crippen molar-refractivity contribution >= 4 is 17.6 Å². The van der Waals surface area contributed by atoms with E-state index < -0.39 is 5.97 Å². The van der Waals surface area contributed by atoms with E-state index in [0.717, 1.165) is 11.1 Å². The van der Waals surface area contributed by atoms with Gasteiger partial charge in [-0.2, -0.15) is 0 Å². The first-order valence-electron chi connectivity index (χ1n) is 9.01.